The summed E-state index contributed by atoms with van der Waals surface area (Å²) in [5.41, 5.74) is 1.67. The zero-order chi connectivity index (χ0) is 25.2. The van der Waals surface area contributed by atoms with Crippen molar-refractivity contribution in [2.45, 2.75) is 26.3 Å². The number of nitrogens with one attached hydrogen (secondary N) is 2. The van der Waals surface area contributed by atoms with Crippen LogP contribution < -0.4 is 20.1 Å². The number of pyridine rings is 2. The van der Waals surface area contributed by atoms with E-state index in [1.165, 1.54) is 19.5 Å². The largest absolute Gasteiger partial charge is 0.494 e. The standard InChI is InChI=1S/C22H24ClN7O4S/c1-12-7-13(14-8-17(23)26-10-16(14)33-4)15(9-25-12)18(31)27-19-28-29-21(35-19)34-11-22(2,3)30-6-5-24-20(30)32/h7-10H,5-6,11H2,1-4H3,(H,24,32)(H,27,28,31). The lowest BCUT2D eigenvalue weighted by atomic mass is 10.0. The zero-order valence-electron chi connectivity index (χ0n) is 19.6. The molecule has 13 heteroatoms. The summed E-state index contributed by atoms with van der Waals surface area (Å²) in [5, 5.41) is 14.3. The van der Waals surface area contributed by atoms with Gasteiger partial charge in [-0.15, -0.1) is 5.10 Å². The summed E-state index contributed by atoms with van der Waals surface area (Å²) in [7, 11) is 1.52. The van der Waals surface area contributed by atoms with E-state index in [4.69, 9.17) is 21.1 Å². The normalized spacial score (nSPS) is 13.5. The molecule has 2 N–H and O–H groups in total. The zero-order valence-corrected chi connectivity index (χ0v) is 21.2. The molecule has 1 saturated heterocycles. The third-order valence-electron chi connectivity index (χ3n) is 5.39. The molecule has 1 aliphatic heterocycles. The summed E-state index contributed by atoms with van der Waals surface area (Å²) in [6.07, 6.45) is 2.98. The first-order chi connectivity index (χ1) is 16.7. The van der Waals surface area contributed by atoms with Crippen LogP contribution in [0.1, 0.15) is 29.9 Å². The molecule has 0 bridgehead atoms. The maximum absolute atomic E-state index is 13.1. The van der Waals surface area contributed by atoms with Crippen LogP contribution in [-0.2, 0) is 0 Å². The van der Waals surface area contributed by atoms with Crippen molar-refractivity contribution in [1.29, 1.82) is 0 Å². The van der Waals surface area contributed by atoms with Crippen LogP contribution in [-0.4, -0.2) is 69.3 Å². The van der Waals surface area contributed by atoms with Gasteiger partial charge in [0.05, 0.1) is 24.4 Å². The van der Waals surface area contributed by atoms with Crippen molar-refractivity contribution in [3.8, 4) is 22.1 Å². The number of hydrogen-bond donors (Lipinski definition) is 2. The predicted molar refractivity (Wildman–Crippen MR) is 131 cm³/mol. The van der Waals surface area contributed by atoms with Crippen LogP contribution in [0.15, 0.2) is 24.5 Å². The molecule has 0 radical (unpaired) electrons. The average molecular weight is 518 g/mol. The Kier molecular flexibility index (Phi) is 7.03. The minimum absolute atomic E-state index is 0.126. The summed E-state index contributed by atoms with van der Waals surface area (Å²) >= 11 is 7.18. The third-order valence-corrected chi connectivity index (χ3v) is 6.35. The fraction of sp³-hybridized carbons (Fsp3) is 0.364. The Balaban J connectivity index is 1.50. The molecule has 35 heavy (non-hydrogen) atoms. The van der Waals surface area contributed by atoms with E-state index in [1.54, 1.807) is 17.0 Å². The van der Waals surface area contributed by atoms with Crippen LogP contribution in [0.2, 0.25) is 5.15 Å². The second kappa shape index (κ2) is 10.0. The van der Waals surface area contributed by atoms with Gasteiger partial charge in [0.1, 0.15) is 17.5 Å². The number of aromatic nitrogens is 4. The lowest BCUT2D eigenvalue weighted by molar-refractivity contribution is 0.102. The Morgan fingerprint density at radius 1 is 1.26 bits per heavy atom. The number of hydrogen-bond acceptors (Lipinski definition) is 9. The molecule has 0 aliphatic carbocycles. The van der Waals surface area contributed by atoms with Crippen LogP contribution in [0.5, 0.6) is 10.9 Å². The van der Waals surface area contributed by atoms with E-state index < -0.39 is 11.4 Å². The summed E-state index contributed by atoms with van der Waals surface area (Å²) in [5.74, 6) is 0.0363. The second-order valence-electron chi connectivity index (χ2n) is 8.39. The highest BCUT2D eigenvalue weighted by molar-refractivity contribution is 7.17. The van der Waals surface area contributed by atoms with E-state index in [9.17, 15) is 9.59 Å². The van der Waals surface area contributed by atoms with Gasteiger partial charge in [-0.25, -0.2) is 9.78 Å². The van der Waals surface area contributed by atoms with Gasteiger partial charge in [-0.2, -0.15) is 0 Å². The molecule has 0 aromatic carbocycles. The number of nitrogens with zero attached hydrogens (tertiary/aromatic N) is 5. The van der Waals surface area contributed by atoms with Crippen LogP contribution >= 0.6 is 22.9 Å². The van der Waals surface area contributed by atoms with E-state index >= 15 is 0 Å². The molecule has 1 aliphatic rings. The lowest BCUT2D eigenvalue weighted by Gasteiger charge is -2.33. The van der Waals surface area contributed by atoms with E-state index in [0.29, 0.717) is 41.2 Å². The van der Waals surface area contributed by atoms with Gasteiger partial charge >= 0.3 is 6.03 Å². The summed E-state index contributed by atoms with van der Waals surface area (Å²) in [6.45, 7) is 7.07. The highest BCUT2D eigenvalue weighted by atomic mass is 35.5. The topological polar surface area (TPSA) is 131 Å². The highest BCUT2D eigenvalue weighted by Gasteiger charge is 2.35. The van der Waals surface area contributed by atoms with Gasteiger partial charge in [0.2, 0.25) is 5.13 Å². The van der Waals surface area contributed by atoms with Gasteiger partial charge in [0.15, 0.2) is 0 Å². The van der Waals surface area contributed by atoms with Crippen molar-refractivity contribution < 1.29 is 19.1 Å². The van der Waals surface area contributed by atoms with E-state index in [0.717, 1.165) is 11.3 Å². The summed E-state index contributed by atoms with van der Waals surface area (Å²) in [6, 6.07) is 3.28. The highest BCUT2D eigenvalue weighted by Crippen LogP contribution is 2.34. The fourth-order valence-corrected chi connectivity index (χ4v) is 4.35. The number of halogens is 1. The van der Waals surface area contributed by atoms with Gasteiger partial charge in [-0.05, 0) is 44.2 Å². The Morgan fingerprint density at radius 3 is 2.77 bits per heavy atom. The number of anilines is 1. The summed E-state index contributed by atoms with van der Waals surface area (Å²) < 4.78 is 11.2. The number of aryl methyl sites for hydroxylation is 1. The smallest absolute Gasteiger partial charge is 0.318 e. The molecule has 4 rings (SSSR count). The van der Waals surface area contributed by atoms with Crippen molar-refractivity contribution in [1.82, 2.24) is 30.4 Å². The van der Waals surface area contributed by atoms with Crippen LogP contribution in [0.4, 0.5) is 9.93 Å². The number of rotatable bonds is 8. The first kappa shape index (κ1) is 24.6. The Hall–Kier alpha value is -3.51. The lowest BCUT2D eigenvalue weighted by Crippen LogP contribution is -2.49. The van der Waals surface area contributed by atoms with Crippen LogP contribution in [0.3, 0.4) is 0 Å². The van der Waals surface area contributed by atoms with Gasteiger partial charge < -0.3 is 19.7 Å². The third kappa shape index (κ3) is 5.43. The van der Waals surface area contributed by atoms with Gasteiger partial charge in [-0.3, -0.25) is 15.1 Å². The number of ether oxygens (including phenoxy) is 2. The van der Waals surface area contributed by atoms with Gasteiger partial charge in [-0.1, -0.05) is 16.7 Å². The second-order valence-corrected chi connectivity index (χ2v) is 9.72. The summed E-state index contributed by atoms with van der Waals surface area (Å²) in [4.78, 5) is 35.1. The minimum Gasteiger partial charge on any atom is -0.494 e. The van der Waals surface area contributed by atoms with Crippen molar-refractivity contribution in [3.05, 3.63) is 40.9 Å². The van der Waals surface area contributed by atoms with E-state index in [-0.39, 0.29) is 28.1 Å². The average Bonchev–Trinajstić information content (AvgIpc) is 3.46. The molecular weight excluding hydrogens is 494 g/mol. The molecule has 0 saturated carbocycles. The molecule has 0 spiro atoms. The molecule has 1 fully saturated rings. The van der Waals surface area contributed by atoms with Crippen molar-refractivity contribution >= 4 is 40.0 Å². The molecule has 4 heterocycles. The van der Waals surface area contributed by atoms with E-state index in [2.05, 4.69) is 30.8 Å². The van der Waals surface area contributed by atoms with Crippen molar-refractivity contribution in [2.24, 2.45) is 0 Å². The van der Waals surface area contributed by atoms with Gasteiger partial charge in [0.25, 0.3) is 11.1 Å². The fourth-order valence-electron chi connectivity index (χ4n) is 3.60. The van der Waals surface area contributed by atoms with Crippen LogP contribution in [0.25, 0.3) is 11.1 Å². The molecule has 3 aromatic rings. The molecular formula is C22H24ClN7O4S. The Bertz CT molecular complexity index is 1270. The monoisotopic (exact) mass is 517 g/mol. The molecule has 3 aromatic heterocycles. The minimum atomic E-state index is -0.539. The first-order valence-electron chi connectivity index (χ1n) is 10.7. The SMILES string of the molecule is COc1cnc(Cl)cc1-c1cc(C)ncc1C(=O)Nc1nnc(OCC(C)(C)N2CCNC2=O)s1. The predicted octanol–water partition coefficient (Wildman–Crippen LogP) is 3.40. The van der Waals surface area contributed by atoms with Crippen LogP contribution in [0, 0.1) is 6.92 Å². The molecule has 0 atom stereocenters. The Labute approximate surface area is 210 Å². The first-order valence-corrected chi connectivity index (χ1v) is 11.9. The number of methoxy groups -OCH3 is 1. The number of amides is 3. The molecule has 11 nitrogen and oxygen atoms in total. The number of carbonyl (C=O) groups is 2. The Morgan fingerprint density at radius 2 is 2.06 bits per heavy atom. The van der Waals surface area contributed by atoms with Gasteiger partial charge in [0, 0.05) is 36.1 Å². The maximum atomic E-state index is 13.1. The maximum Gasteiger partial charge on any atom is 0.318 e. The van der Waals surface area contributed by atoms with E-state index in [1.807, 2.05) is 20.8 Å². The number of urea groups is 1. The molecule has 0 unspecified atom stereocenters. The molecule has 3 amide bonds. The quantitative estimate of drug-likeness (QED) is 0.434. The number of carbonyl (C=O) groups excluding carboxylic acids is 2. The molecule has 184 valence electrons. The van der Waals surface area contributed by atoms with Crippen molar-refractivity contribution in [2.75, 3.05) is 32.1 Å². The van der Waals surface area contributed by atoms with Crippen molar-refractivity contribution in [3.63, 3.8) is 0 Å².